The van der Waals surface area contributed by atoms with Crippen LogP contribution in [0.3, 0.4) is 0 Å². The van der Waals surface area contributed by atoms with Gasteiger partial charge in [-0.2, -0.15) is 5.26 Å². The standard InChI is InChI=1S/C13H7N3S/c14-7-13-15-6-5-11(16-13)10-8-17-12-4-2-1-3-9(10)12/h1-6,8H. The lowest BCUT2D eigenvalue weighted by molar-refractivity contribution is 1.12. The molecule has 2 heterocycles. The highest BCUT2D eigenvalue weighted by molar-refractivity contribution is 7.17. The van der Waals surface area contributed by atoms with Crippen LogP contribution in [0.2, 0.25) is 0 Å². The molecule has 17 heavy (non-hydrogen) atoms. The molecule has 0 N–H and O–H groups in total. The summed E-state index contributed by atoms with van der Waals surface area (Å²) in [5, 5.41) is 12.0. The molecule has 2 aromatic heterocycles. The first-order valence-electron chi connectivity index (χ1n) is 5.08. The van der Waals surface area contributed by atoms with Crippen molar-refractivity contribution < 1.29 is 0 Å². The first-order chi connectivity index (χ1) is 8.38. The second-order valence-electron chi connectivity index (χ2n) is 3.52. The summed E-state index contributed by atoms with van der Waals surface area (Å²) in [6, 6.07) is 12.0. The van der Waals surface area contributed by atoms with E-state index in [2.05, 4.69) is 27.5 Å². The van der Waals surface area contributed by atoms with Crippen molar-refractivity contribution in [1.82, 2.24) is 9.97 Å². The number of thiophene rings is 1. The van der Waals surface area contributed by atoms with E-state index in [9.17, 15) is 0 Å². The molecule has 0 atom stereocenters. The van der Waals surface area contributed by atoms with E-state index in [1.807, 2.05) is 24.3 Å². The monoisotopic (exact) mass is 237 g/mol. The number of benzene rings is 1. The summed E-state index contributed by atoms with van der Waals surface area (Å²) in [4.78, 5) is 8.10. The van der Waals surface area contributed by atoms with E-state index >= 15 is 0 Å². The van der Waals surface area contributed by atoms with Crippen molar-refractivity contribution in [3.05, 3.63) is 47.7 Å². The van der Waals surface area contributed by atoms with Gasteiger partial charge in [0.1, 0.15) is 6.07 Å². The van der Waals surface area contributed by atoms with E-state index in [0.29, 0.717) is 0 Å². The van der Waals surface area contributed by atoms with Crippen LogP contribution in [0.25, 0.3) is 21.3 Å². The Morgan fingerprint density at radius 2 is 2.06 bits per heavy atom. The van der Waals surface area contributed by atoms with Crippen LogP contribution in [-0.4, -0.2) is 9.97 Å². The van der Waals surface area contributed by atoms with E-state index in [1.165, 1.54) is 10.1 Å². The molecule has 1 aromatic carbocycles. The predicted octanol–water partition coefficient (Wildman–Crippen LogP) is 3.23. The summed E-state index contributed by atoms with van der Waals surface area (Å²) < 4.78 is 1.22. The second-order valence-corrected chi connectivity index (χ2v) is 4.43. The number of aromatic nitrogens is 2. The molecule has 4 heteroatoms. The molecule has 3 aromatic rings. The van der Waals surface area contributed by atoms with Crippen molar-refractivity contribution in [2.75, 3.05) is 0 Å². The van der Waals surface area contributed by atoms with Crippen molar-refractivity contribution in [2.24, 2.45) is 0 Å². The highest BCUT2D eigenvalue weighted by Crippen LogP contribution is 2.32. The lowest BCUT2D eigenvalue weighted by atomic mass is 10.1. The maximum Gasteiger partial charge on any atom is 0.232 e. The summed E-state index contributed by atoms with van der Waals surface area (Å²) in [6.07, 6.45) is 1.62. The summed E-state index contributed by atoms with van der Waals surface area (Å²) in [7, 11) is 0. The van der Waals surface area contributed by atoms with Crippen LogP contribution < -0.4 is 0 Å². The van der Waals surface area contributed by atoms with Gasteiger partial charge in [0.25, 0.3) is 0 Å². The first kappa shape index (κ1) is 9.94. The largest absolute Gasteiger partial charge is 0.232 e. The number of nitrogens with zero attached hydrogens (tertiary/aromatic N) is 3. The van der Waals surface area contributed by atoms with E-state index in [-0.39, 0.29) is 5.82 Å². The van der Waals surface area contributed by atoms with Crippen LogP contribution in [0.15, 0.2) is 41.9 Å². The third-order valence-corrected chi connectivity index (χ3v) is 3.48. The zero-order valence-electron chi connectivity index (χ0n) is 8.79. The highest BCUT2D eigenvalue weighted by Gasteiger charge is 2.07. The molecule has 0 fully saturated rings. The lowest BCUT2D eigenvalue weighted by Gasteiger charge is -1.98. The Balaban J connectivity index is 2.24. The van der Waals surface area contributed by atoms with E-state index < -0.39 is 0 Å². The molecular weight excluding hydrogens is 230 g/mol. The van der Waals surface area contributed by atoms with Crippen LogP contribution in [0.1, 0.15) is 5.82 Å². The molecule has 0 unspecified atom stereocenters. The van der Waals surface area contributed by atoms with Gasteiger partial charge in [-0.15, -0.1) is 11.3 Å². The van der Waals surface area contributed by atoms with Gasteiger partial charge in [-0.05, 0) is 12.1 Å². The minimum absolute atomic E-state index is 0.206. The minimum Gasteiger partial charge on any atom is -0.227 e. The molecule has 0 saturated heterocycles. The van der Waals surface area contributed by atoms with Crippen molar-refractivity contribution in [3.8, 4) is 17.3 Å². The van der Waals surface area contributed by atoms with Crippen LogP contribution in [-0.2, 0) is 0 Å². The molecule has 0 bridgehead atoms. The summed E-state index contributed by atoms with van der Waals surface area (Å²) >= 11 is 1.68. The Morgan fingerprint density at radius 3 is 2.94 bits per heavy atom. The maximum absolute atomic E-state index is 8.80. The van der Waals surface area contributed by atoms with E-state index in [0.717, 1.165) is 11.3 Å². The third-order valence-electron chi connectivity index (χ3n) is 2.51. The molecule has 3 rings (SSSR count). The van der Waals surface area contributed by atoms with Gasteiger partial charge >= 0.3 is 0 Å². The Labute approximate surface area is 102 Å². The van der Waals surface area contributed by atoms with Crippen LogP contribution >= 0.6 is 11.3 Å². The first-order valence-corrected chi connectivity index (χ1v) is 5.96. The van der Waals surface area contributed by atoms with E-state index in [4.69, 9.17) is 5.26 Å². The normalized spacial score (nSPS) is 10.3. The molecule has 0 saturated carbocycles. The lowest BCUT2D eigenvalue weighted by Crippen LogP contribution is -1.89. The quantitative estimate of drug-likeness (QED) is 0.652. The maximum atomic E-state index is 8.80. The van der Waals surface area contributed by atoms with Crippen molar-refractivity contribution >= 4 is 21.4 Å². The molecular formula is C13H7N3S. The fourth-order valence-corrected chi connectivity index (χ4v) is 2.69. The van der Waals surface area contributed by atoms with Crippen LogP contribution in [0, 0.1) is 11.3 Å². The Bertz CT molecular complexity index is 725. The van der Waals surface area contributed by atoms with Crippen molar-refractivity contribution in [2.45, 2.75) is 0 Å². The van der Waals surface area contributed by atoms with Gasteiger partial charge in [0.2, 0.25) is 5.82 Å². The van der Waals surface area contributed by atoms with Crippen LogP contribution in [0.4, 0.5) is 0 Å². The van der Waals surface area contributed by atoms with E-state index in [1.54, 1.807) is 17.5 Å². The van der Waals surface area contributed by atoms with Gasteiger partial charge in [-0.25, -0.2) is 9.97 Å². The fourth-order valence-electron chi connectivity index (χ4n) is 1.74. The van der Waals surface area contributed by atoms with Gasteiger partial charge in [0.15, 0.2) is 0 Å². The minimum atomic E-state index is 0.206. The molecule has 80 valence electrons. The van der Waals surface area contributed by atoms with Gasteiger partial charge in [0, 0.05) is 27.2 Å². The summed E-state index contributed by atoms with van der Waals surface area (Å²) in [5.74, 6) is 0.206. The predicted molar refractivity (Wildman–Crippen MR) is 67.6 cm³/mol. The summed E-state index contributed by atoms with van der Waals surface area (Å²) in [5.41, 5.74) is 1.86. The Morgan fingerprint density at radius 1 is 1.18 bits per heavy atom. The Kier molecular flexibility index (Phi) is 2.32. The fraction of sp³-hybridized carbons (Fsp3) is 0. The van der Waals surface area contributed by atoms with Gasteiger partial charge in [-0.1, -0.05) is 18.2 Å². The number of fused-ring (bicyclic) bond motifs is 1. The average molecular weight is 237 g/mol. The number of hydrogen-bond donors (Lipinski definition) is 0. The number of hydrogen-bond acceptors (Lipinski definition) is 4. The molecule has 0 radical (unpaired) electrons. The van der Waals surface area contributed by atoms with Crippen molar-refractivity contribution in [1.29, 1.82) is 5.26 Å². The zero-order chi connectivity index (χ0) is 11.7. The molecule has 3 nitrogen and oxygen atoms in total. The average Bonchev–Trinajstić information content (AvgIpc) is 2.82. The highest BCUT2D eigenvalue weighted by atomic mass is 32.1. The van der Waals surface area contributed by atoms with Gasteiger partial charge < -0.3 is 0 Å². The molecule has 0 aliphatic carbocycles. The molecule has 0 amide bonds. The van der Waals surface area contributed by atoms with Gasteiger partial charge in [-0.3, -0.25) is 0 Å². The van der Waals surface area contributed by atoms with Gasteiger partial charge in [0.05, 0.1) is 5.69 Å². The smallest absolute Gasteiger partial charge is 0.227 e. The second kappa shape index (κ2) is 3.96. The van der Waals surface area contributed by atoms with Crippen LogP contribution in [0.5, 0.6) is 0 Å². The summed E-state index contributed by atoms with van der Waals surface area (Å²) in [6.45, 7) is 0. The topological polar surface area (TPSA) is 49.6 Å². The SMILES string of the molecule is N#Cc1nccc(-c2csc3ccccc23)n1. The molecule has 0 spiro atoms. The molecule has 0 aliphatic heterocycles. The third kappa shape index (κ3) is 1.67. The number of rotatable bonds is 1. The Hall–Kier alpha value is -2.25. The molecule has 0 aliphatic rings. The zero-order valence-corrected chi connectivity index (χ0v) is 9.61. The number of nitriles is 1. The van der Waals surface area contributed by atoms with Crippen molar-refractivity contribution in [3.63, 3.8) is 0 Å².